The maximum atomic E-state index is 12.7. The van der Waals surface area contributed by atoms with Crippen LogP contribution < -0.4 is 9.44 Å². The number of amides is 1. The van der Waals surface area contributed by atoms with E-state index in [9.17, 15) is 21.6 Å². The fourth-order valence-electron chi connectivity index (χ4n) is 3.56. The van der Waals surface area contributed by atoms with Gasteiger partial charge in [0.25, 0.3) is 5.91 Å². The van der Waals surface area contributed by atoms with E-state index in [1.165, 1.54) is 16.4 Å². The van der Waals surface area contributed by atoms with Crippen molar-refractivity contribution in [3.63, 3.8) is 0 Å². The second kappa shape index (κ2) is 8.66. The molecule has 1 aromatic carbocycles. The maximum absolute atomic E-state index is 12.7. The first-order valence-electron chi connectivity index (χ1n) is 9.33. The van der Waals surface area contributed by atoms with Crippen LogP contribution in [-0.2, 0) is 20.2 Å². The summed E-state index contributed by atoms with van der Waals surface area (Å²) in [6.07, 6.45) is 5.94. The summed E-state index contributed by atoms with van der Waals surface area (Å²) in [5, 5.41) is -0.0225. The van der Waals surface area contributed by atoms with Gasteiger partial charge >= 0.3 is 10.2 Å². The van der Waals surface area contributed by atoms with Gasteiger partial charge < -0.3 is 0 Å². The van der Waals surface area contributed by atoms with Crippen molar-refractivity contribution in [2.75, 3.05) is 13.1 Å². The predicted molar refractivity (Wildman–Crippen MR) is 106 cm³/mol. The van der Waals surface area contributed by atoms with Gasteiger partial charge in [-0.3, -0.25) is 4.79 Å². The minimum Gasteiger partial charge on any atom is -0.268 e. The molecule has 11 heteroatoms. The topological polar surface area (TPSA) is 113 Å². The molecule has 2 fully saturated rings. The van der Waals surface area contributed by atoms with Gasteiger partial charge in [-0.05, 0) is 43.9 Å². The SMILES string of the molecule is O=C(NS(=O)(=O)NC1CCCCC1)c1cc(S(=O)(=O)N2CCCC2)ccc1Cl. The number of hydrogen-bond acceptors (Lipinski definition) is 5. The molecule has 1 saturated carbocycles. The Morgan fingerprint density at radius 1 is 1.00 bits per heavy atom. The fraction of sp³-hybridized carbons (Fsp3) is 0.588. The highest BCUT2D eigenvalue weighted by molar-refractivity contribution is 7.89. The minimum atomic E-state index is -4.08. The molecule has 2 aliphatic rings. The van der Waals surface area contributed by atoms with Crippen molar-refractivity contribution in [2.45, 2.75) is 55.9 Å². The van der Waals surface area contributed by atoms with Crippen molar-refractivity contribution < 1.29 is 21.6 Å². The third-order valence-corrected chi connectivity index (χ3v) is 8.36. The zero-order valence-corrected chi connectivity index (χ0v) is 17.7. The normalized spacial score (nSPS) is 19.6. The molecule has 8 nitrogen and oxygen atoms in total. The summed E-state index contributed by atoms with van der Waals surface area (Å²) >= 11 is 6.04. The summed E-state index contributed by atoms with van der Waals surface area (Å²) in [6, 6.07) is 3.53. The maximum Gasteiger partial charge on any atom is 0.301 e. The van der Waals surface area contributed by atoms with Crippen molar-refractivity contribution in [3.05, 3.63) is 28.8 Å². The summed E-state index contributed by atoms with van der Waals surface area (Å²) in [5.41, 5.74) is -0.198. The number of rotatable bonds is 6. The molecular formula is C17H24ClN3O5S2. The largest absolute Gasteiger partial charge is 0.301 e. The molecule has 0 unspecified atom stereocenters. The lowest BCUT2D eigenvalue weighted by molar-refractivity contribution is 0.0980. The van der Waals surface area contributed by atoms with Gasteiger partial charge in [-0.1, -0.05) is 30.9 Å². The highest BCUT2D eigenvalue weighted by Gasteiger charge is 2.29. The Kier molecular flexibility index (Phi) is 6.65. The van der Waals surface area contributed by atoms with Crippen LogP contribution in [0.2, 0.25) is 5.02 Å². The lowest BCUT2D eigenvalue weighted by Crippen LogP contribution is -2.45. The number of hydrogen-bond donors (Lipinski definition) is 2. The van der Waals surface area contributed by atoms with Crippen LogP contribution >= 0.6 is 11.6 Å². The molecule has 0 spiro atoms. The van der Waals surface area contributed by atoms with Gasteiger partial charge in [0.15, 0.2) is 0 Å². The zero-order chi connectivity index (χ0) is 20.4. The standard InChI is InChI=1S/C17H24ClN3O5S2/c18-16-9-8-14(27(23,24)21-10-4-5-11-21)12-15(16)17(22)20-28(25,26)19-13-6-2-1-3-7-13/h8-9,12-13,19H,1-7,10-11H2,(H,20,22). The Morgan fingerprint density at radius 3 is 2.29 bits per heavy atom. The quantitative estimate of drug-likeness (QED) is 0.689. The van der Waals surface area contributed by atoms with E-state index >= 15 is 0 Å². The number of benzene rings is 1. The van der Waals surface area contributed by atoms with Gasteiger partial charge in [0.1, 0.15) is 0 Å². The van der Waals surface area contributed by atoms with Gasteiger partial charge in [-0.2, -0.15) is 17.4 Å². The molecule has 156 valence electrons. The number of sulfonamides is 1. The first kappa shape index (κ1) is 21.5. The Hall–Kier alpha value is -1.20. The Bertz CT molecular complexity index is 938. The van der Waals surface area contributed by atoms with E-state index in [0.717, 1.165) is 51.0 Å². The van der Waals surface area contributed by atoms with Crippen LogP contribution in [0.5, 0.6) is 0 Å². The van der Waals surface area contributed by atoms with Gasteiger partial charge in [-0.25, -0.2) is 13.1 Å². The van der Waals surface area contributed by atoms with E-state index in [1.807, 2.05) is 4.72 Å². The number of halogens is 1. The lowest BCUT2D eigenvalue weighted by atomic mass is 9.96. The third kappa shape index (κ3) is 5.04. The first-order chi connectivity index (χ1) is 13.2. The van der Waals surface area contributed by atoms with Gasteiger partial charge in [0, 0.05) is 19.1 Å². The molecule has 3 rings (SSSR count). The predicted octanol–water partition coefficient (Wildman–Crippen LogP) is 2.02. The van der Waals surface area contributed by atoms with Crippen LogP contribution in [0.4, 0.5) is 0 Å². The molecule has 1 saturated heterocycles. The summed E-state index contributed by atoms with van der Waals surface area (Å²) < 4.78 is 55.7. The molecule has 1 heterocycles. The molecule has 2 N–H and O–H groups in total. The first-order valence-corrected chi connectivity index (χ1v) is 12.6. The van der Waals surface area contributed by atoms with Crippen LogP contribution in [0, 0.1) is 0 Å². The Morgan fingerprint density at radius 2 is 1.64 bits per heavy atom. The highest BCUT2D eigenvalue weighted by Crippen LogP contribution is 2.25. The molecule has 28 heavy (non-hydrogen) atoms. The third-order valence-electron chi connectivity index (χ3n) is 5.04. The van der Waals surface area contributed by atoms with Crippen LogP contribution in [-0.4, -0.2) is 46.2 Å². The van der Waals surface area contributed by atoms with Gasteiger partial charge in [-0.15, -0.1) is 0 Å². The van der Waals surface area contributed by atoms with E-state index in [2.05, 4.69) is 4.72 Å². The Labute approximate surface area is 170 Å². The van der Waals surface area contributed by atoms with Crippen molar-refractivity contribution in [1.29, 1.82) is 0 Å². The van der Waals surface area contributed by atoms with Crippen LogP contribution in [0.15, 0.2) is 23.1 Å². The van der Waals surface area contributed by atoms with Crippen LogP contribution in [0.25, 0.3) is 0 Å². The second-order valence-electron chi connectivity index (χ2n) is 7.14. The highest BCUT2D eigenvalue weighted by atomic mass is 35.5. The molecule has 0 radical (unpaired) electrons. The molecule has 0 atom stereocenters. The molecule has 1 amide bonds. The van der Waals surface area contributed by atoms with Crippen molar-refractivity contribution in [3.8, 4) is 0 Å². The van der Waals surface area contributed by atoms with E-state index in [1.54, 1.807) is 0 Å². The molecule has 1 aliphatic heterocycles. The van der Waals surface area contributed by atoms with Crippen molar-refractivity contribution >= 4 is 37.7 Å². The van der Waals surface area contributed by atoms with E-state index < -0.39 is 26.1 Å². The summed E-state index contributed by atoms with van der Waals surface area (Å²) in [5.74, 6) is -0.966. The number of carbonyl (C=O) groups excluding carboxylic acids is 1. The van der Waals surface area contributed by atoms with Crippen LogP contribution in [0.1, 0.15) is 55.3 Å². The number of nitrogens with one attached hydrogen (secondary N) is 2. The molecular weight excluding hydrogens is 426 g/mol. The van der Waals surface area contributed by atoms with Gasteiger partial charge in [0.05, 0.1) is 15.5 Å². The molecule has 0 bridgehead atoms. The fourth-order valence-corrected chi connectivity index (χ4v) is 6.40. The Balaban J connectivity index is 1.77. The second-order valence-corrected chi connectivity index (χ2v) is 10.9. The average molecular weight is 450 g/mol. The monoisotopic (exact) mass is 449 g/mol. The van der Waals surface area contributed by atoms with Gasteiger partial charge in [0.2, 0.25) is 10.0 Å². The van der Waals surface area contributed by atoms with Crippen molar-refractivity contribution in [2.24, 2.45) is 0 Å². The van der Waals surface area contributed by atoms with E-state index in [-0.39, 0.29) is 21.5 Å². The van der Waals surface area contributed by atoms with E-state index in [0.29, 0.717) is 13.1 Å². The summed E-state index contributed by atoms with van der Waals surface area (Å²) in [4.78, 5) is 12.4. The zero-order valence-electron chi connectivity index (χ0n) is 15.4. The lowest BCUT2D eigenvalue weighted by Gasteiger charge is -2.22. The number of carbonyl (C=O) groups is 1. The summed E-state index contributed by atoms with van der Waals surface area (Å²) in [7, 11) is -7.83. The number of nitrogens with zero attached hydrogens (tertiary/aromatic N) is 1. The summed E-state index contributed by atoms with van der Waals surface area (Å²) in [6.45, 7) is 0.846. The van der Waals surface area contributed by atoms with Crippen LogP contribution in [0.3, 0.4) is 0 Å². The minimum absolute atomic E-state index is 0.0225. The molecule has 0 aromatic heterocycles. The smallest absolute Gasteiger partial charge is 0.268 e. The molecule has 1 aliphatic carbocycles. The van der Waals surface area contributed by atoms with E-state index in [4.69, 9.17) is 11.6 Å². The average Bonchev–Trinajstić information content (AvgIpc) is 3.17. The molecule has 1 aromatic rings. The van der Waals surface area contributed by atoms with Crippen molar-refractivity contribution in [1.82, 2.24) is 13.7 Å².